The molecule has 0 saturated heterocycles. The van der Waals surface area contributed by atoms with Gasteiger partial charge in [0.15, 0.2) is 0 Å². The van der Waals surface area contributed by atoms with Gasteiger partial charge in [-0.3, -0.25) is 4.68 Å². The second-order valence-electron chi connectivity index (χ2n) is 3.68. The van der Waals surface area contributed by atoms with Crippen molar-refractivity contribution in [3.63, 3.8) is 0 Å². The van der Waals surface area contributed by atoms with Gasteiger partial charge in [0.05, 0.1) is 6.20 Å². The zero-order valence-corrected chi connectivity index (χ0v) is 10.2. The molecule has 0 aliphatic carbocycles. The van der Waals surface area contributed by atoms with Gasteiger partial charge in [0.25, 0.3) is 0 Å². The van der Waals surface area contributed by atoms with Crippen LogP contribution in [0.15, 0.2) is 12.4 Å². The van der Waals surface area contributed by atoms with Crippen LogP contribution in [0.25, 0.3) is 0 Å². The zero-order valence-electron chi connectivity index (χ0n) is 10.2. The third-order valence-corrected chi connectivity index (χ3v) is 2.50. The number of carbonyl (C=O) groups is 1. The van der Waals surface area contributed by atoms with Crippen molar-refractivity contribution in [1.29, 1.82) is 0 Å². The number of aromatic nitrogens is 2. The number of nitrogens with zero attached hydrogens (tertiary/aromatic N) is 3. The summed E-state index contributed by atoms with van der Waals surface area (Å²) in [5.41, 5.74) is 1.14. The predicted molar refractivity (Wildman–Crippen MR) is 63.2 cm³/mol. The maximum atomic E-state index is 11.6. The molecule has 1 aromatic rings. The molecule has 0 spiro atoms. The van der Waals surface area contributed by atoms with Gasteiger partial charge >= 0.3 is 6.03 Å². The van der Waals surface area contributed by atoms with Crippen LogP contribution < -0.4 is 5.32 Å². The normalized spacial score (nSPS) is 10.2. The first-order chi connectivity index (χ1) is 7.67. The van der Waals surface area contributed by atoms with E-state index in [4.69, 9.17) is 0 Å². The van der Waals surface area contributed by atoms with Crippen molar-refractivity contribution in [1.82, 2.24) is 20.0 Å². The molecule has 0 fully saturated rings. The minimum Gasteiger partial charge on any atom is -0.338 e. The number of aryl methyl sites for hydroxylation is 1. The van der Waals surface area contributed by atoms with Gasteiger partial charge in [-0.1, -0.05) is 0 Å². The van der Waals surface area contributed by atoms with Crippen molar-refractivity contribution in [3.05, 3.63) is 18.0 Å². The quantitative estimate of drug-likeness (QED) is 0.811. The van der Waals surface area contributed by atoms with E-state index in [1.165, 1.54) is 0 Å². The third-order valence-electron chi connectivity index (χ3n) is 2.50. The van der Waals surface area contributed by atoms with E-state index < -0.39 is 0 Å². The third kappa shape index (κ3) is 3.56. The van der Waals surface area contributed by atoms with Crippen molar-refractivity contribution in [3.8, 4) is 0 Å². The smallest absolute Gasteiger partial charge is 0.317 e. The van der Waals surface area contributed by atoms with Crippen LogP contribution in [0.2, 0.25) is 0 Å². The first-order valence-corrected chi connectivity index (χ1v) is 5.67. The van der Waals surface area contributed by atoms with Crippen molar-refractivity contribution in [2.24, 2.45) is 7.05 Å². The highest BCUT2D eigenvalue weighted by Crippen LogP contribution is 1.96. The predicted octanol–water partition coefficient (Wildman–Crippen LogP) is 1.01. The van der Waals surface area contributed by atoms with E-state index in [2.05, 4.69) is 10.4 Å². The second-order valence-corrected chi connectivity index (χ2v) is 3.68. The highest BCUT2D eigenvalue weighted by Gasteiger charge is 2.07. The molecule has 0 aromatic carbocycles. The van der Waals surface area contributed by atoms with Crippen molar-refractivity contribution in [2.45, 2.75) is 20.3 Å². The molecule has 16 heavy (non-hydrogen) atoms. The molecular formula is C11H20N4O. The van der Waals surface area contributed by atoms with Crippen molar-refractivity contribution < 1.29 is 4.79 Å². The molecule has 2 amide bonds. The number of urea groups is 1. The molecule has 1 N–H and O–H groups in total. The molecule has 0 bridgehead atoms. The number of hydrogen-bond donors (Lipinski definition) is 1. The molecule has 5 nitrogen and oxygen atoms in total. The van der Waals surface area contributed by atoms with Gasteiger partial charge in [-0.25, -0.2) is 4.79 Å². The Labute approximate surface area is 96.4 Å². The van der Waals surface area contributed by atoms with Crippen LogP contribution in [0.4, 0.5) is 4.79 Å². The van der Waals surface area contributed by atoms with E-state index >= 15 is 0 Å². The molecule has 0 atom stereocenters. The number of carbonyl (C=O) groups excluding carboxylic acids is 1. The van der Waals surface area contributed by atoms with Crippen LogP contribution in [-0.2, 0) is 13.5 Å². The highest BCUT2D eigenvalue weighted by atomic mass is 16.2. The molecule has 90 valence electrons. The Balaban J connectivity index is 2.27. The molecule has 0 unspecified atom stereocenters. The van der Waals surface area contributed by atoms with Gasteiger partial charge in [-0.15, -0.1) is 0 Å². The summed E-state index contributed by atoms with van der Waals surface area (Å²) < 4.78 is 1.77. The average Bonchev–Trinajstić information content (AvgIpc) is 2.66. The summed E-state index contributed by atoms with van der Waals surface area (Å²) in [4.78, 5) is 13.4. The monoisotopic (exact) mass is 224 g/mol. The number of amides is 2. The van der Waals surface area contributed by atoms with Gasteiger partial charge in [0, 0.05) is 32.9 Å². The maximum Gasteiger partial charge on any atom is 0.317 e. The van der Waals surface area contributed by atoms with Crippen LogP contribution >= 0.6 is 0 Å². The van der Waals surface area contributed by atoms with Crippen LogP contribution in [0.1, 0.15) is 19.4 Å². The van der Waals surface area contributed by atoms with Gasteiger partial charge in [-0.2, -0.15) is 5.10 Å². The molecular weight excluding hydrogens is 204 g/mol. The number of hydrogen-bond acceptors (Lipinski definition) is 2. The Kier molecular flexibility index (Phi) is 4.82. The average molecular weight is 224 g/mol. The summed E-state index contributed by atoms with van der Waals surface area (Å²) in [5.74, 6) is 0. The molecule has 1 heterocycles. The molecule has 0 aliphatic rings. The fourth-order valence-electron chi connectivity index (χ4n) is 1.54. The van der Waals surface area contributed by atoms with Gasteiger partial charge < -0.3 is 10.2 Å². The van der Waals surface area contributed by atoms with Crippen LogP contribution in [0, 0.1) is 0 Å². The molecule has 5 heteroatoms. The Morgan fingerprint density at radius 3 is 2.69 bits per heavy atom. The number of nitrogens with one attached hydrogen (secondary N) is 1. The summed E-state index contributed by atoms with van der Waals surface area (Å²) in [6, 6.07) is 0.00823. The van der Waals surface area contributed by atoms with Crippen molar-refractivity contribution in [2.75, 3.05) is 19.6 Å². The minimum atomic E-state index is 0.00823. The number of rotatable bonds is 5. The molecule has 0 radical (unpaired) electrons. The molecule has 1 aromatic heterocycles. The Bertz CT molecular complexity index is 330. The standard InChI is InChI=1S/C11H20N4O/c1-4-15(5-2)11(16)12-7-6-10-8-13-14(3)9-10/h8-9H,4-7H2,1-3H3,(H,12,16). The summed E-state index contributed by atoms with van der Waals surface area (Å²) >= 11 is 0. The topological polar surface area (TPSA) is 50.2 Å². The van der Waals surface area contributed by atoms with Gasteiger partial charge in [0.2, 0.25) is 0 Å². The first kappa shape index (κ1) is 12.5. The maximum absolute atomic E-state index is 11.6. The summed E-state index contributed by atoms with van der Waals surface area (Å²) in [5, 5.41) is 6.97. The summed E-state index contributed by atoms with van der Waals surface area (Å²) in [6.07, 6.45) is 4.61. The lowest BCUT2D eigenvalue weighted by Gasteiger charge is -2.18. The first-order valence-electron chi connectivity index (χ1n) is 5.67. The molecule has 0 aliphatic heterocycles. The van der Waals surface area contributed by atoms with Crippen LogP contribution in [0.3, 0.4) is 0 Å². The lowest BCUT2D eigenvalue weighted by atomic mass is 10.2. The zero-order chi connectivity index (χ0) is 12.0. The van der Waals surface area contributed by atoms with E-state index in [-0.39, 0.29) is 6.03 Å². The largest absolute Gasteiger partial charge is 0.338 e. The lowest BCUT2D eigenvalue weighted by molar-refractivity contribution is 0.203. The van der Waals surface area contributed by atoms with E-state index in [9.17, 15) is 4.79 Å². The van der Waals surface area contributed by atoms with Crippen molar-refractivity contribution >= 4 is 6.03 Å². The molecule has 1 rings (SSSR count). The second kappa shape index (κ2) is 6.15. The highest BCUT2D eigenvalue weighted by molar-refractivity contribution is 5.74. The fourth-order valence-corrected chi connectivity index (χ4v) is 1.54. The lowest BCUT2D eigenvalue weighted by Crippen LogP contribution is -2.40. The van der Waals surface area contributed by atoms with E-state index in [0.29, 0.717) is 6.54 Å². The Morgan fingerprint density at radius 1 is 1.50 bits per heavy atom. The van der Waals surface area contributed by atoms with Gasteiger partial charge in [0.1, 0.15) is 0 Å². The van der Waals surface area contributed by atoms with Crippen LogP contribution in [0.5, 0.6) is 0 Å². The minimum absolute atomic E-state index is 0.00823. The SMILES string of the molecule is CCN(CC)C(=O)NCCc1cnn(C)c1. The van der Waals surface area contributed by atoms with E-state index in [1.54, 1.807) is 9.58 Å². The Hall–Kier alpha value is -1.52. The molecule has 0 saturated carbocycles. The van der Waals surface area contributed by atoms with Crippen LogP contribution in [-0.4, -0.2) is 40.3 Å². The summed E-state index contributed by atoms with van der Waals surface area (Å²) in [6.45, 7) is 6.10. The van der Waals surface area contributed by atoms with E-state index in [0.717, 1.165) is 25.1 Å². The summed E-state index contributed by atoms with van der Waals surface area (Å²) in [7, 11) is 1.89. The fraction of sp³-hybridized carbons (Fsp3) is 0.636. The Morgan fingerprint density at radius 2 is 2.19 bits per heavy atom. The van der Waals surface area contributed by atoms with Gasteiger partial charge in [-0.05, 0) is 25.8 Å². The van der Waals surface area contributed by atoms with E-state index in [1.807, 2.05) is 33.3 Å².